The number of carboxylic acids is 1. The highest BCUT2D eigenvalue weighted by molar-refractivity contribution is 9.10. The largest absolute Gasteiger partial charge is 0.478 e. The van der Waals surface area contributed by atoms with Crippen molar-refractivity contribution < 1.29 is 14.7 Å². The molecule has 102 valence electrons. The van der Waals surface area contributed by atoms with Gasteiger partial charge in [-0.1, -0.05) is 22.5 Å². The summed E-state index contributed by atoms with van der Waals surface area (Å²) in [5.74, 6) is -1.05. The van der Waals surface area contributed by atoms with Gasteiger partial charge < -0.3 is 10.4 Å². The number of carboxylic acid groups (broad SMARTS) is 1. The van der Waals surface area contributed by atoms with Crippen LogP contribution in [-0.2, 0) is 4.79 Å². The lowest BCUT2D eigenvalue weighted by Crippen LogP contribution is -2.38. The van der Waals surface area contributed by atoms with E-state index in [0.717, 1.165) is 10.2 Å². The van der Waals surface area contributed by atoms with Gasteiger partial charge >= 0.3 is 12.0 Å². The molecule has 2 amide bonds. The third kappa shape index (κ3) is 4.75. The number of amides is 2. The van der Waals surface area contributed by atoms with Crippen molar-refractivity contribution in [3.63, 3.8) is 0 Å². The van der Waals surface area contributed by atoms with E-state index in [4.69, 9.17) is 5.11 Å². The average molecular weight is 327 g/mol. The molecule has 0 aliphatic heterocycles. The third-order valence-electron chi connectivity index (χ3n) is 2.52. The van der Waals surface area contributed by atoms with Gasteiger partial charge in [0.25, 0.3) is 0 Å². The van der Waals surface area contributed by atoms with Crippen LogP contribution < -0.4 is 10.2 Å². The Hall–Kier alpha value is -1.82. The lowest BCUT2D eigenvalue weighted by Gasteiger charge is -2.18. The maximum atomic E-state index is 11.8. The smallest absolute Gasteiger partial charge is 0.331 e. The normalized spacial score (nSPS) is 9.79. The summed E-state index contributed by atoms with van der Waals surface area (Å²) in [5, 5.41) is 11.3. The van der Waals surface area contributed by atoms with Gasteiger partial charge in [0, 0.05) is 29.3 Å². The molecule has 0 bridgehead atoms. The Morgan fingerprint density at radius 2 is 1.95 bits per heavy atom. The Morgan fingerprint density at radius 1 is 1.37 bits per heavy atom. The molecule has 0 heterocycles. The van der Waals surface area contributed by atoms with Gasteiger partial charge in [0.05, 0.1) is 0 Å². The number of hydrogen-bond acceptors (Lipinski definition) is 2. The van der Waals surface area contributed by atoms with E-state index in [2.05, 4.69) is 27.8 Å². The second kappa shape index (κ2) is 6.94. The molecule has 5 nitrogen and oxygen atoms in total. The summed E-state index contributed by atoms with van der Waals surface area (Å²) in [6, 6.07) is 7.00. The summed E-state index contributed by atoms with van der Waals surface area (Å²) >= 11 is 3.32. The number of anilines is 1. The molecule has 0 aliphatic carbocycles. The molecule has 0 unspecified atom stereocenters. The molecular formula is C13H15BrN2O3. The van der Waals surface area contributed by atoms with Crippen molar-refractivity contribution in [2.45, 2.75) is 6.42 Å². The zero-order valence-corrected chi connectivity index (χ0v) is 12.1. The van der Waals surface area contributed by atoms with Gasteiger partial charge in [-0.15, -0.1) is 0 Å². The van der Waals surface area contributed by atoms with Crippen LogP contribution >= 0.6 is 15.9 Å². The van der Waals surface area contributed by atoms with E-state index in [1.54, 1.807) is 19.2 Å². The van der Waals surface area contributed by atoms with Crippen molar-refractivity contribution in [2.24, 2.45) is 0 Å². The number of hydrogen-bond donors (Lipinski definition) is 2. The average Bonchev–Trinajstić information content (AvgIpc) is 2.38. The maximum Gasteiger partial charge on any atom is 0.331 e. The van der Waals surface area contributed by atoms with Gasteiger partial charge in [0.1, 0.15) is 0 Å². The fourth-order valence-electron chi connectivity index (χ4n) is 1.33. The van der Waals surface area contributed by atoms with Gasteiger partial charge in [-0.05, 0) is 30.7 Å². The lowest BCUT2D eigenvalue weighted by molar-refractivity contribution is -0.132. The molecule has 0 spiro atoms. The number of urea groups is 1. The van der Waals surface area contributed by atoms with Gasteiger partial charge in [-0.25, -0.2) is 9.59 Å². The van der Waals surface area contributed by atoms with Crippen LogP contribution in [0.1, 0.15) is 6.42 Å². The zero-order chi connectivity index (χ0) is 14.4. The molecule has 0 saturated heterocycles. The van der Waals surface area contributed by atoms with E-state index in [1.165, 1.54) is 4.90 Å². The minimum Gasteiger partial charge on any atom is -0.478 e. The van der Waals surface area contributed by atoms with Crippen LogP contribution in [0.25, 0.3) is 0 Å². The van der Waals surface area contributed by atoms with Crippen molar-refractivity contribution in [2.75, 3.05) is 18.5 Å². The van der Waals surface area contributed by atoms with E-state index in [0.29, 0.717) is 0 Å². The highest BCUT2D eigenvalue weighted by Crippen LogP contribution is 2.17. The van der Waals surface area contributed by atoms with Gasteiger partial charge in [-0.3, -0.25) is 4.90 Å². The molecule has 1 aromatic carbocycles. The van der Waals surface area contributed by atoms with Gasteiger partial charge in [0.15, 0.2) is 0 Å². The molecule has 0 aromatic heterocycles. The van der Waals surface area contributed by atoms with Crippen LogP contribution in [0.3, 0.4) is 0 Å². The molecule has 0 fully saturated rings. The minimum atomic E-state index is -1.05. The molecule has 0 radical (unpaired) electrons. The monoisotopic (exact) mass is 326 g/mol. The van der Waals surface area contributed by atoms with E-state index in [1.807, 2.05) is 12.1 Å². The molecule has 0 atom stereocenters. The number of aliphatic carboxylic acids is 1. The van der Waals surface area contributed by atoms with E-state index >= 15 is 0 Å². The number of nitrogens with zero attached hydrogens (tertiary/aromatic N) is 1. The fourth-order valence-corrected chi connectivity index (χ4v) is 1.59. The first-order chi connectivity index (χ1) is 8.91. The van der Waals surface area contributed by atoms with Crippen LogP contribution in [0.5, 0.6) is 0 Å². The zero-order valence-electron chi connectivity index (χ0n) is 10.5. The predicted octanol–water partition coefficient (Wildman–Crippen LogP) is 2.63. The number of nitrogens with one attached hydrogen (secondary N) is 1. The highest BCUT2D eigenvalue weighted by Gasteiger charge is 2.10. The number of carbonyl (C=O) groups excluding carboxylic acids is 1. The number of carbonyl (C=O) groups is 2. The first-order valence-corrected chi connectivity index (χ1v) is 6.39. The molecule has 0 aliphatic rings. The summed E-state index contributed by atoms with van der Waals surface area (Å²) in [5.41, 5.74) is 0.823. The second-order valence-electron chi connectivity index (χ2n) is 3.93. The van der Waals surface area contributed by atoms with E-state index in [9.17, 15) is 9.59 Å². The Morgan fingerprint density at radius 3 is 2.47 bits per heavy atom. The summed E-state index contributed by atoms with van der Waals surface area (Å²) in [7, 11) is 1.64. The fraction of sp³-hybridized carbons (Fsp3) is 0.231. The topological polar surface area (TPSA) is 69.6 Å². The lowest BCUT2D eigenvalue weighted by atomic mass is 10.2. The molecule has 1 aromatic rings. The first-order valence-electron chi connectivity index (χ1n) is 5.60. The molecule has 6 heteroatoms. The summed E-state index contributed by atoms with van der Waals surface area (Å²) in [4.78, 5) is 23.8. The van der Waals surface area contributed by atoms with Crippen LogP contribution in [0.15, 0.2) is 40.9 Å². The standard InChI is InChI=1S/C13H15BrN2O3/c1-9(12(17)18)7-8-15-13(19)16(2)11-5-3-10(14)4-6-11/h3-6H,1,7-8H2,2H3,(H,15,19)(H,17,18). The van der Waals surface area contributed by atoms with Gasteiger partial charge in [0.2, 0.25) is 0 Å². The molecule has 2 N–H and O–H groups in total. The Bertz CT molecular complexity index is 485. The third-order valence-corrected chi connectivity index (χ3v) is 3.05. The van der Waals surface area contributed by atoms with Crippen LogP contribution in [0.2, 0.25) is 0 Å². The number of halogens is 1. The highest BCUT2D eigenvalue weighted by atomic mass is 79.9. The minimum absolute atomic E-state index is 0.0756. The van der Waals surface area contributed by atoms with Crippen molar-refractivity contribution in [3.8, 4) is 0 Å². The Kier molecular flexibility index (Phi) is 5.57. The van der Waals surface area contributed by atoms with Crippen molar-refractivity contribution in [1.82, 2.24) is 5.32 Å². The number of benzene rings is 1. The van der Waals surface area contributed by atoms with Gasteiger partial charge in [-0.2, -0.15) is 0 Å². The van der Waals surface area contributed by atoms with E-state index in [-0.39, 0.29) is 24.6 Å². The van der Waals surface area contributed by atoms with E-state index < -0.39 is 5.97 Å². The SMILES string of the molecule is C=C(CCNC(=O)N(C)c1ccc(Br)cc1)C(=O)O. The molecule has 1 rings (SSSR count). The van der Waals surface area contributed by atoms with Crippen LogP contribution in [0.4, 0.5) is 10.5 Å². The van der Waals surface area contributed by atoms with Crippen molar-refractivity contribution in [1.29, 1.82) is 0 Å². The molecule has 0 saturated carbocycles. The summed E-state index contributed by atoms with van der Waals surface area (Å²) in [6.07, 6.45) is 0.218. The van der Waals surface area contributed by atoms with Crippen molar-refractivity contribution in [3.05, 3.63) is 40.9 Å². The van der Waals surface area contributed by atoms with Crippen molar-refractivity contribution >= 4 is 33.6 Å². The predicted molar refractivity (Wildman–Crippen MR) is 77.3 cm³/mol. The summed E-state index contributed by atoms with van der Waals surface area (Å²) < 4.78 is 0.933. The first kappa shape index (κ1) is 15.2. The maximum absolute atomic E-state index is 11.8. The number of rotatable bonds is 5. The second-order valence-corrected chi connectivity index (χ2v) is 4.84. The quantitative estimate of drug-likeness (QED) is 0.817. The molecule has 19 heavy (non-hydrogen) atoms. The Labute approximate surface area is 120 Å². The van der Waals surface area contributed by atoms with Crippen LogP contribution in [0, 0.1) is 0 Å². The molecular weight excluding hydrogens is 312 g/mol. The van der Waals surface area contributed by atoms with Crippen LogP contribution in [-0.4, -0.2) is 30.7 Å². The summed E-state index contributed by atoms with van der Waals surface area (Å²) in [6.45, 7) is 3.64. The Balaban J connectivity index is 2.47.